The number of hydrogen-bond acceptors (Lipinski definition) is 4. The lowest BCUT2D eigenvalue weighted by molar-refractivity contribution is 0.0939. The fourth-order valence-electron chi connectivity index (χ4n) is 2.30. The summed E-state index contributed by atoms with van der Waals surface area (Å²) in [6.45, 7) is 8.86. The van der Waals surface area contributed by atoms with Gasteiger partial charge in [0, 0.05) is 31.4 Å². The molecule has 5 heteroatoms. The first-order valence-electron chi connectivity index (χ1n) is 8.42. The van der Waals surface area contributed by atoms with Crippen molar-refractivity contribution in [2.45, 2.75) is 40.2 Å². The fraction of sp³-hybridized carbons (Fsp3) is 0.421. The van der Waals surface area contributed by atoms with E-state index in [2.05, 4.69) is 15.3 Å². The van der Waals surface area contributed by atoms with E-state index < -0.39 is 0 Å². The highest BCUT2D eigenvalue weighted by Crippen LogP contribution is 2.22. The number of hydrogen-bond donors (Lipinski definition) is 1. The van der Waals surface area contributed by atoms with Crippen LogP contribution in [0, 0.1) is 6.92 Å². The first-order valence-corrected chi connectivity index (χ1v) is 8.42. The zero-order chi connectivity index (χ0) is 17.7. The third-order valence-electron chi connectivity index (χ3n) is 4.12. The molecule has 0 bridgehead atoms. The highest BCUT2D eigenvalue weighted by atomic mass is 16.1. The number of nitrogens with one attached hydrogen (secondary N) is 1. The van der Waals surface area contributed by atoms with Crippen molar-refractivity contribution in [2.75, 3.05) is 18.5 Å². The first-order chi connectivity index (χ1) is 11.5. The Hall–Kier alpha value is -2.43. The van der Waals surface area contributed by atoms with Gasteiger partial charge in [-0.1, -0.05) is 30.7 Å². The normalized spacial score (nSPS) is 11.9. The SMILES string of the molecule is CCC(C)NC(=O)c1cnc(-c2cccc(C)c2)nc1N(C)CC. The summed E-state index contributed by atoms with van der Waals surface area (Å²) in [6.07, 6.45) is 2.51. The maximum atomic E-state index is 12.5. The summed E-state index contributed by atoms with van der Waals surface area (Å²) in [5.74, 6) is 1.16. The van der Waals surface area contributed by atoms with Crippen LogP contribution in [0.2, 0.25) is 0 Å². The van der Waals surface area contributed by atoms with E-state index >= 15 is 0 Å². The van der Waals surface area contributed by atoms with Crippen LogP contribution in [0.5, 0.6) is 0 Å². The molecule has 5 nitrogen and oxygen atoms in total. The summed E-state index contributed by atoms with van der Waals surface area (Å²) in [5, 5.41) is 2.99. The number of aromatic nitrogens is 2. The van der Waals surface area contributed by atoms with Gasteiger partial charge in [-0.3, -0.25) is 4.79 Å². The smallest absolute Gasteiger partial charge is 0.256 e. The molecule has 2 rings (SSSR count). The number of aryl methyl sites for hydroxylation is 1. The minimum atomic E-state index is -0.129. The highest BCUT2D eigenvalue weighted by molar-refractivity contribution is 5.99. The molecule has 0 spiro atoms. The van der Waals surface area contributed by atoms with E-state index in [4.69, 9.17) is 0 Å². The van der Waals surface area contributed by atoms with Crippen LogP contribution < -0.4 is 10.2 Å². The summed E-state index contributed by atoms with van der Waals surface area (Å²) in [5.41, 5.74) is 2.62. The summed E-state index contributed by atoms with van der Waals surface area (Å²) in [4.78, 5) is 23.6. The van der Waals surface area contributed by atoms with E-state index in [1.807, 2.05) is 63.9 Å². The van der Waals surface area contributed by atoms with Gasteiger partial charge in [0.25, 0.3) is 5.91 Å². The predicted octanol–water partition coefficient (Wildman–Crippen LogP) is 3.44. The van der Waals surface area contributed by atoms with Crippen LogP contribution in [-0.4, -0.2) is 35.5 Å². The molecule has 1 atom stereocenters. The largest absolute Gasteiger partial charge is 0.359 e. The molecule has 0 saturated heterocycles. The Morgan fingerprint density at radius 2 is 2.08 bits per heavy atom. The lowest BCUT2D eigenvalue weighted by Gasteiger charge is -2.20. The molecule has 0 fully saturated rings. The second-order valence-electron chi connectivity index (χ2n) is 6.10. The van der Waals surface area contributed by atoms with Crippen LogP contribution in [0.1, 0.15) is 43.1 Å². The maximum absolute atomic E-state index is 12.5. The Bertz CT molecular complexity index is 714. The molecule has 0 aliphatic rings. The van der Waals surface area contributed by atoms with Crippen molar-refractivity contribution in [1.82, 2.24) is 15.3 Å². The van der Waals surface area contributed by atoms with Gasteiger partial charge in [-0.2, -0.15) is 0 Å². The summed E-state index contributed by atoms with van der Waals surface area (Å²) in [7, 11) is 1.93. The third-order valence-corrected chi connectivity index (χ3v) is 4.12. The average Bonchev–Trinajstić information content (AvgIpc) is 2.60. The van der Waals surface area contributed by atoms with Gasteiger partial charge >= 0.3 is 0 Å². The van der Waals surface area contributed by atoms with Crippen LogP contribution in [0.4, 0.5) is 5.82 Å². The van der Waals surface area contributed by atoms with Crippen LogP contribution in [0.15, 0.2) is 30.5 Å². The molecule has 1 unspecified atom stereocenters. The van der Waals surface area contributed by atoms with Crippen LogP contribution in [0.3, 0.4) is 0 Å². The molecule has 0 saturated carbocycles. The van der Waals surface area contributed by atoms with E-state index in [-0.39, 0.29) is 11.9 Å². The average molecular weight is 326 g/mol. The van der Waals surface area contributed by atoms with Gasteiger partial charge in [0.1, 0.15) is 11.4 Å². The van der Waals surface area contributed by atoms with Crippen molar-refractivity contribution in [3.8, 4) is 11.4 Å². The summed E-state index contributed by atoms with van der Waals surface area (Å²) < 4.78 is 0. The Morgan fingerprint density at radius 3 is 2.71 bits per heavy atom. The molecule has 0 aliphatic carbocycles. The lowest BCUT2D eigenvalue weighted by atomic mass is 10.1. The van der Waals surface area contributed by atoms with Gasteiger partial charge in [-0.15, -0.1) is 0 Å². The monoisotopic (exact) mass is 326 g/mol. The number of amides is 1. The molecule has 1 heterocycles. The van der Waals surface area contributed by atoms with E-state index in [1.165, 1.54) is 0 Å². The third kappa shape index (κ3) is 4.10. The van der Waals surface area contributed by atoms with E-state index in [0.717, 1.165) is 24.1 Å². The molecule has 1 aromatic heterocycles. The summed E-state index contributed by atoms with van der Waals surface area (Å²) in [6, 6.07) is 8.17. The molecular weight excluding hydrogens is 300 g/mol. The number of carbonyl (C=O) groups is 1. The van der Waals surface area contributed by atoms with Crippen molar-refractivity contribution < 1.29 is 4.79 Å². The number of anilines is 1. The molecule has 1 N–H and O–H groups in total. The maximum Gasteiger partial charge on any atom is 0.256 e. The molecule has 0 aliphatic heterocycles. The second-order valence-corrected chi connectivity index (χ2v) is 6.10. The van der Waals surface area contributed by atoms with E-state index in [0.29, 0.717) is 17.2 Å². The first kappa shape index (κ1) is 17.9. The van der Waals surface area contributed by atoms with Gasteiger partial charge in [0.05, 0.1) is 0 Å². The quantitative estimate of drug-likeness (QED) is 0.883. The molecule has 24 heavy (non-hydrogen) atoms. The van der Waals surface area contributed by atoms with Gasteiger partial charge < -0.3 is 10.2 Å². The molecule has 1 amide bonds. The van der Waals surface area contributed by atoms with Gasteiger partial charge in [0.15, 0.2) is 5.82 Å². The van der Waals surface area contributed by atoms with Crippen molar-refractivity contribution in [2.24, 2.45) is 0 Å². The van der Waals surface area contributed by atoms with Gasteiger partial charge in [-0.25, -0.2) is 9.97 Å². The van der Waals surface area contributed by atoms with Crippen LogP contribution in [-0.2, 0) is 0 Å². The summed E-state index contributed by atoms with van der Waals surface area (Å²) >= 11 is 0. The van der Waals surface area contributed by atoms with Crippen LogP contribution in [0.25, 0.3) is 11.4 Å². The predicted molar refractivity (Wildman–Crippen MR) is 98.4 cm³/mol. The molecular formula is C19H26N4O. The molecule has 2 aromatic rings. The molecule has 128 valence electrons. The number of carbonyl (C=O) groups excluding carboxylic acids is 1. The van der Waals surface area contributed by atoms with Crippen molar-refractivity contribution in [3.05, 3.63) is 41.6 Å². The zero-order valence-electron chi connectivity index (χ0n) is 15.1. The molecule has 0 radical (unpaired) electrons. The second kappa shape index (κ2) is 7.90. The Morgan fingerprint density at radius 1 is 1.33 bits per heavy atom. The van der Waals surface area contributed by atoms with Crippen molar-refractivity contribution in [3.63, 3.8) is 0 Å². The topological polar surface area (TPSA) is 58.1 Å². The minimum absolute atomic E-state index is 0.119. The standard InChI is InChI=1S/C19H26N4O/c1-6-14(4)21-19(24)16-12-20-17(22-18(16)23(5)7-2)15-10-8-9-13(3)11-15/h8-12,14H,6-7H2,1-5H3,(H,21,24). The number of nitrogens with zero attached hydrogens (tertiary/aromatic N) is 3. The number of benzene rings is 1. The van der Waals surface area contributed by atoms with Crippen molar-refractivity contribution >= 4 is 11.7 Å². The highest BCUT2D eigenvalue weighted by Gasteiger charge is 2.19. The minimum Gasteiger partial charge on any atom is -0.359 e. The van der Waals surface area contributed by atoms with Gasteiger partial charge in [-0.05, 0) is 33.3 Å². The van der Waals surface area contributed by atoms with E-state index in [9.17, 15) is 4.79 Å². The zero-order valence-corrected chi connectivity index (χ0v) is 15.1. The Labute approximate surface area is 144 Å². The number of rotatable bonds is 6. The van der Waals surface area contributed by atoms with Crippen molar-refractivity contribution in [1.29, 1.82) is 0 Å². The van der Waals surface area contributed by atoms with Gasteiger partial charge in [0.2, 0.25) is 0 Å². The lowest BCUT2D eigenvalue weighted by Crippen LogP contribution is -2.34. The molecule has 1 aromatic carbocycles. The fourth-order valence-corrected chi connectivity index (χ4v) is 2.30. The Balaban J connectivity index is 2.44. The van der Waals surface area contributed by atoms with E-state index in [1.54, 1.807) is 6.20 Å². The Kier molecular flexibility index (Phi) is 5.90. The van der Waals surface area contributed by atoms with Crippen LogP contribution >= 0.6 is 0 Å².